The van der Waals surface area contributed by atoms with E-state index in [0.717, 1.165) is 12.2 Å². The van der Waals surface area contributed by atoms with Crippen LogP contribution in [0.2, 0.25) is 5.02 Å². The Kier molecular flexibility index (Phi) is 4.43. The first-order chi connectivity index (χ1) is 15.2. The molecule has 1 N–H and O–H groups in total. The van der Waals surface area contributed by atoms with Gasteiger partial charge in [0.15, 0.2) is 0 Å². The fourth-order valence-electron chi connectivity index (χ4n) is 4.75. The van der Waals surface area contributed by atoms with Crippen LogP contribution in [0.3, 0.4) is 0 Å². The highest BCUT2D eigenvalue weighted by Gasteiger charge is 2.34. The minimum Gasteiger partial charge on any atom is -0.432 e. The number of nitrogens with zero attached hydrogens (tertiary/aromatic N) is 5. The normalized spacial score (nSPS) is 22.8. The Morgan fingerprint density at radius 2 is 2.03 bits per heavy atom. The van der Waals surface area contributed by atoms with Crippen LogP contribution < -0.4 is 5.32 Å². The van der Waals surface area contributed by atoms with E-state index in [1.807, 2.05) is 10.5 Å². The van der Waals surface area contributed by atoms with Crippen molar-refractivity contribution in [1.82, 2.24) is 24.3 Å². The molecule has 4 aromatic rings. The minimum atomic E-state index is -0.399. The summed E-state index contributed by atoms with van der Waals surface area (Å²) >= 11 is 6.34. The lowest BCUT2D eigenvalue weighted by Crippen LogP contribution is -2.53. The lowest BCUT2D eigenvalue weighted by Gasteiger charge is -2.44. The summed E-state index contributed by atoms with van der Waals surface area (Å²) in [5, 5.41) is 3.82. The van der Waals surface area contributed by atoms with E-state index >= 15 is 0 Å². The average Bonchev–Trinajstić information content (AvgIpc) is 3.36. The Morgan fingerprint density at radius 1 is 1.16 bits per heavy atom. The van der Waals surface area contributed by atoms with Gasteiger partial charge in [-0.05, 0) is 56.1 Å². The highest BCUT2D eigenvalue weighted by atomic mass is 35.5. The molecule has 9 heteroatoms. The quantitative estimate of drug-likeness (QED) is 0.510. The van der Waals surface area contributed by atoms with Crippen LogP contribution in [0.4, 0.5) is 10.3 Å². The second-order valence-corrected chi connectivity index (χ2v) is 8.55. The predicted molar refractivity (Wildman–Crippen MR) is 115 cm³/mol. The molecule has 1 aromatic carbocycles. The van der Waals surface area contributed by atoms with E-state index in [1.165, 1.54) is 38.1 Å². The fraction of sp³-hybridized carbons (Fsp3) is 0.318. The molecular weight excluding hydrogens is 419 g/mol. The van der Waals surface area contributed by atoms with Gasteiger partial charge in [-0.25, -0.2) is 14.4 Å². The Bertz CT molecular complexity index is 1260. The Labute approximate surface area is 182 Å². The molecule has 2 bridgehead atoms. The van der Waals surface area contributed by atoms with E-state index in [2.05, 4.69) is 20.2 Å². The fourth-order valence-corrected chi connectivity index (χ4v) is 5.01. The zero-order valence-corrected chi connectivity index (χ0v) is 17.4. The maximum atomic E-state index is 13.6. The van der Waals surface area contributed by atoms with Crippen molar-refractivity contribution in [1.29, 1.82) is 0 Å². The van der Waals surface area contributed by atoms with Crippen LogP contribution in [0.25, 0.3) is 28.5 Å². The van der Waals surface area contributed by atoms with Gasteiger partial charge in [-0.3, -0.25) is 4.40 Å². The molecule has 1 atom stereocenters. The van der Waals surface area contributed by atoms with E-state index in [1.54, 1.807) is 24.7 Å². The highest BCUT2D eigenvalue weighted by molar-refractivity contribution is 6.33. The highest BCUT2D eigenvalue weighted by Crippen LogP contribution is 2.36. The molecule has 3 aliphatic rings. The van der Waals surface area contributed by atoms with Crippen LogP contribution in [0.15, 0.2) is 47.3 Å². The second-order valence-electron chi connectivity index (χ2n) is 8.14. The molecule has 0 radical (unpaired) electrons. The number of halogens is 2. The summed E-state index contributed by atoms with van der Waals surface area (Å²) in [7, 11) is 0. The van der Waals surface area contributed by atoms with Crippen molar-refractivity contribution in [2.75, 3.05) is 25.0 Å². The topological polar surface area (TPSA) is 71.5 Å². The second kappa shape index (κ2) is 7.32. The average molecular weight is 439 g/mol. The van der Waals surface area contributed by atoms with Crippen LogP contribution in [-0.2, 0) is 0 Å². The van der Waals surface area contributed by atoms with Gasteiger partial charge < -0.3 is 14.6 Å². The van der Waals surface area contributed by atoms with Crippen LogP contribution >= 0.6 is 11.6 Å². The summed E-state index contributed by atoms with van der Waals surface area (Å²) in [6.45, 7) is 3.38. The molecule has 7 rings (SSSR count). The van der Waals surface area contributed by atoms with Crippen LogP contribution in [0.5, 0.6) is 0 Å². The molecule has 7 nitrogen and oxygen atoms in total. The van der Waals surface area contributed by atoms with Gasteiger partial charge in [-0.2, -0.15) is 4.98 Å². The third-order valence-corrected chi connectivity index (χ3v) is 6.63. The molecule has 0 amide bonds. The van der Waals surface area contributed by atoms with Crippen LogP contribution in [0, 0.1) is 11.7 Å². The Balaban J connectivity index is 1.41. The number of hydrogen-bond acceptors (Lipinski definition) is 6. The first kappa shape index (κ1) is 18.8. The van der Waals surface area contributed by atoms with Gasteiger partial charge >= 0.3 is 5.84 Å². The van der Waals surface area contributed by atoms with Gasteiger partial charge in [-0.15, -0.1) is 0 Å². The van der Waals surface area contributed by atoms with Crippen LogP contribution in [-0.4, -0.2) is 49.9 Å². The van der Waals surface area contributed by atoms with Crippen molar-refractivity contribution in [2.45, 2.75) is 18.9 Å². The van der Waals surface area contributed by atoms with Gasteiger partial charge in [0.1, 0.15) is 23.5 Å². The smallest absolute Gasteiger partial charge is 0.306 e. The molecule has 3 aromatic heterocycles. The number of imidazole rings is 1. The molecular formula is C22H20ClFN6O. The van der Waals surface area contributed by atoms with E-state index in [-0.39, 0.29) is 5.02 Å². The van der Waals surface area contributed by atoms with Crippen LogP contribution in [0.1, 0.15) is 12.8 Å². The Hall–Kier alpha value is -2.97. The first-order valence-corrected chi connectivity index (χ1v) is 10.8. The SMILES string of the molecule is Fc1ccc(-c2nc3occn3c2-c2ccnc(N[C@H]3CN4CCC3CC4)n2)c(Cl)c1. The molecule has 3 saturated heterocycles. The van der Waals surface area contributed by atoms with Crippen molar-refractivity contribution in [3.63, 3.8) is 0 Å². The number of fused-ring (bicyclic) bond motifs is 4. The molecule has 31 heavy (non-hydrogen) atoms. The number of benzene rings is 1. The standard InChI is InChI=1S/C22H20ClFN6O/c23-16-11-14(24)1-2-15(16)19-20(30-9-10-31-22(30)28-19)17-3-6-25-21(26-17)27-18-12-29-7-4-13(18)5-8-29/h1-3,6,9-11,13,18H,4-5,7-8,12H2,(H,25,26,27)/t18-/m0/s1. The molecule has 0 spiro atoms. The number of hydrogen-bond donors (Lipinski definition) is 1. The number of anilines is 1. The monoisotopic (exact) mass is 438 g/mol. The van der Waals surface area contributed by atoms with Crippen molar-refractivity contribution >= 4 is 23.4 Å². The van der Waals surface area contributed by atoms with E-state index in [4.69, 9.17) is 21.0 Å². The third-order valence-electron chi connectivity index (χ3n) is 6.32. The van der Waals surface area contributed by atoms with Gasteiger partial charge in [0.05, 0.1) is 10.7 Å². The maximum Gasteiger partial charge on any atom is 0.306 e. The zero-order chi connectivity index (χ0) is 20.9. The van der Waals surface area contributed by atoms with Gasteiger partial charge in [0.2, 0.25) is 5.95 Å². The summed E-state index contributed by atoms with van der Waals surface area (Å²) in [4.78, 5) is 16.3. The minimum absolute atomic E-state index is 0.279. The number of oxazole rings is 1. The summed E-state index contributed by atoms with van der Waals surface area (Å²) in [6, 6.07) is 6.45. The molecule has 0 unspecified atom stereocenters. The summed E-state index contributed by atoms with van der Waals surface area (Å²) in [6.07, 6.45) is 7.50. The van der Waals surface area contributed by atoms with Crippen molar-refractivity contribution in [3.8, 4) is 22.6 Å². The van der Waals surface area contributed by atoms with E-state index in [9.17, 15) is 4.39 Å². The molecule has 0 saturated carbocycles. The summed E-state index contributed by atoms with van der Waals surface area (Å²) in [5.74, 6) is 1.26. The molecule has 6 heterocycles. The first-order valence-electron chi connectivity index (χ1n) is 10.4. The maximum absolute atomic E-state index is 13.6. The molecule has 3 fully saturated rings. The van der Waals surface area contributed by atoms with E-state index in [0.29, 0.717) is 40.7 Å². The van der Waals surface area contributed by atoms with Crippen molar-refractivity contribution in [3.05, 3.63) is 53.8 Å². The zero-order valence-electron chi connectivity index (χ0n) is 16.6. The largest absolute Gasteiger partial charge is 0.432 e. The van der Waals surface area contributed by atoms with Gasteiger partial charge in [-0.1, -0.05) is 11.6 Å². The number of rotatable bonds is 4. The summed E-state index contributed by atoms with van der Waals surface area (Å²) < 4.78 is 20.9. The molecule has 0 aliphatic carbocycles. The molecule has 3 aliphatic heterocycles. The van der Waals surface area contributed by atoms with Gasteiger partial charge in [0.25, 0.3) is 0 Å². The lowest BCUT2D eigenvalue weighted by atomic mass is 9.84. The lowest BCUT2D eigenvalue weighted by molar-refractivity contribution is 0.0972. The third kappa shape index (κ3) is 3.26. The predicted octanol–water partition coefficient (Wildman–Crippen LogP) is 4.35. The number of aromatic nitrogens is 4. The number of piperidine rings is 3. The van der Waals surface area contributed by atoms with Gasteiger partial charge in [0, 0.05) is 30.5 Å². The summed E-state index contributed by atoms with van der Waals surface area (Å²) in [5.41, 5.74) is 2.60. The molecule has 158 valence electrons. The van der Waals surface area contributed by atoms with Crippen molar-refractivity contribution in [2.24, 2.45) is 5.92 Å². The Morgan fingerprint density at radius 3 is 2.81 bits per heavy atom. The number of nitrogens with one attached hydrogen (secondary N) is 1. The van der Waals surface area contributed by atoms with Crippen molar-refractivity contribution < 1.29 is 8.81 Å². The van der Waals surface area contributed by atoms with E-state index < -0.39 is 5.82 Å².